The fraction of sp³-hybridized carbons (Fsp3) is 0.769. The van der Waals surface area contributed by atoms with Gasteiger partial charge in [-0.05, 0) is 25.3 Å². The number of sulfonamides is 1. The van der Waals surface area contributed by atoms with E-state index in [9.17, 15) is 8.42 Å². The minimum Gasteiger partial charge on any atom is -0.315 e. The summed E-state index contributed by atoms with van der Waals surface area (Å²) in [4.78, 5) is 0.257. The first-order valence-electron chi connectivity index (χ1n) is 7.28. The van der Waals surface area contributed by atoms with E-state index in [0.29, 0.717) is 12.5 Å². The smallest absolute Gasteiger partial charge is 0.243 e. The maximum atomic E-state index is 12.3. The molecule has 2 rings (SSSR count). The van der Waals surface area contributed by atoms with Crippen LogP contribution in [0.15, 0.2) is 17.3 Å². The average Bonchev–Trinajstić information content (AvgIpc) is 3.00. The predicted octanol–water partition coefficient (Wildman–Crippen LogP) is 0.960. The van der Waals surface area contributed by atoms with Crippen molar-refractivity contribution in [3.8, 4) is 0 Å². The van der Waals surface area contributed by atoms with Gasteiger partial charge in [0.1, 0.15) is 4.90 Å². The van der Waals surface area contributed by atoms with E-state index in [1.807, 2.05) is 6.92 Å². The highest BCUT2D eigenvalue weighted by Crippen LogP contribution is 2.26. The largest absolute Gasteiger partial charge is 0.315 e. The Balaban J connectivity index is 1.98. The van der Waals surface area contributed by atoms with Crippen LogP contribution in [0.4, 0.5) is 0 Å². The molecule has 7 heteroatoms. The van der Waals surface area contributed by atoms with Crippen LogP contribution in [0.3, 0.4) is 0 Å². The van der Waals surface area contributed by atoms with Crippen molar-refractivity contribution in [2.24, 2.45) is 5.92 Å². The van der Waals surface area contributed by atoms with Crippen molar-refractivity contribution in [1.29, 1.82) is 0 Å². The van der Waals surface area contributed by atoms with Crippen LogP contribution in [0.1, 0.15) is 33.1 Å². The number of rotatable bonds is 7. The van der Waals surface area contributed by atoms with Gasteiger partial charge < -0.3 is 5.32 Å². The van der Waals surface area contributed by atoms with Crippen LogP contribution in [0.25, 0.3) is 0 Å². The molecule has 1 saturated carbocycles. The molecule has 0 aliphatic heterocycles. The third kappa shape index (κ3) is 3.80. The summed E-state index contributed by atoms with van der Waals surface area (Å²) >= 11 is 0. The second-order valence-electron chi connectivity index (χ2n) is 5.43. The number of nitrogens with one attached hydrogen (secondary N) is 2. The van der Waals surface area contributed by atoms with Gasteiger partial charge in [-0.3, -0.25) is 4.68 Å². The van der Waals surface area contributed by atoms with Gasteiger partial charge in [-0.15, -0.1) is 0 Å². The molecule has 0 amide bonds. The Morgan fingerprint density at radius 3 is 2.90 bits per heavy atom. The Morgan fingerprint density at radius 2 is 2.25 bits per heavy atom. The lowest BCUT2D eigenvalue weighted by Crippen LogP contribution is -2.36. The van der Waals surface area contributed by atoms with E-state index in [4.69, 9.17) is 0 Å². The molecule has 2 atom stereocenters. The minimum absolute atomic E-state index is 0.0603. The molecule has 0 bridgehead atoms. The summed E-state index contributed by atoms with van der Waals surface area (Å²) in [5.41, 5.74) is 0. The van der Waals surface area contributed by atoms with Crippen molar-refractivity contribution < 1.29 is 8.42 Å². The molecule has 1 heterocycles. The molecule has 0 aromatic carbocycles. The van der Waals surface area contributed by atoms with E-state index in [1.54, 1.807) is 10.9 Å². The molecule has 0 spiro atoms. The molecule has 1 aliphatic carbocycles. The maximum Gasteiger partial charge on any atom is 0.243 e. The van der Waals surface area contributed by atoms with E-state index in [-0.39, 0.29) is 10.9 Å². The minimum atomic E-state index is -3.44. The quantitative estimate of drug-likeness (QED) is 0.735. The Kier molecular flexibility index (Phi) is 5.17. The van der Waals surface area contributed by atoms with Gasteiger partial charge in [0.15, 0.2) is 0 Å². The van der Waals surface area contributed by atoms with Crippen molar-refractivity contribution >= 4 is 10.0 Å². The zero-order valence-electron chi connectivity index (χ0n) is 12.2. The fourth-order valence-electron chi connectivity index (χ4n) is 2.56. The maximum absolute atomic E-state index is 12.3. The summed E-state index contributed by atoms with van der Waals surface area (Å²) in [6.45, 7) is 6.48. The first-order chi connectivity index (χ1) is 9.53. The van der Waals surface area contributed by atoms with Crippen LogP contribution in [0, 0.1) is 5.92 Å². The summed E-state index contributed by atoms with van der Waals surface area (Å²) in [6, 6.07) is 0.0603. The molecule has 1 aromatic rings. The second kappa shape index (κ2) is 6.69. The lowest BCUT2D eigenvalue weighted by Gasteiger charge is -2.16. The molecule has 0 saturated heterocycles. The molecule has 20 heavy (non-hydrogen) atoms. The first-order valence-corrected chi connectivity index (χ1v) is 8.76. The Bertz CT molecular complexity index is 526. The average molecular weight is 300 g/mol. The summed E-state index contributed by atoms with van der Waals surface area (Å²) in [6.07, 6.45) is 6.13. The first kappa shape index (κ1) is 15.5. The van der Waals surface area contributed by atoms with E-state index >= 15 is 0 Å². The van der Waals surface area contributed by atoms with Gasteiger partial charge in [-0.1, -0.05) is 20.3 Å². The second-order valence-corrected chi connectivity index (χ2v) is 7.14. The van der Waals surface area contributed by atoms with Crippen LogP contribution in [0.5, 0.6) is 0 Å². The van der Waals surface area contributed by atoms with Crippen LogP contribution in [0.2, 0.25) is 0 Å². The van der Waals surface area contributed by atoms with Gasteiger partial charge in [0, 0.05) is 18.8 Å². The Morgan fingerprint density at radius 1 is 1.45 bits per heavy atom. The topological polar surface area (TPSA) is 76.0 Å². The van der Waals surface area contributed by atoms with Crippen molar-refractivity contribution in [2.45, 2.75) is 50.6 Å². The van der Waals surface area contributed by atoms with Gasteiger partial charge in [0.05, 0.1) is 12.7 Å². The summed E-state index contributed by atoms with van der Waals surface area (Å²) in [5.74, 6) is 0.411. The number of aromatic nitrogens is 2. The van der Waals surface area contributed by atoms with Crippen LogP contribution in [-0.2, 0) is 16.6 Å². The normalized spacial score (nSPS) is 23.3. The zero-order chi connectivity index (χ0) is 14.6. The van der Waals surface area contributed by atoms with Crippen molar-refractivity contribution in [3.05, 3.63) is 12.4 Å². The zero-order valence-corrected chi connectivity index (χ0v) is 13.0. The Hall–Kier alpha value is -0.920. The highest BCUT2D eigenvalue weighted by molar-refractivity contribution is 7.89. The lowest BCUT2D eigenvalue weighted by atomic mass is 10.1. The summed E-state index contributed by atoms with van der Waals surface area (Å²) in [5, 5.41) is 7.29. The molecule has 2 unspecified atom stereocenters. The number of nitrogens with zero attached hydrogens (tertiary/aromatic N) is 2. The van der Waals surface area contributed by atoms with Crippen LogP contribution >= 0.6 is 0 Å². The molecule has 0 radical (unpaired) electrons. The molecule has 6 nitrogen and oxygen atoms in total. The summed E-state index contributed by atoms with van der Waals surface area (Å²) < 4.78 is 29.1. The van der Waals surface area contributed by atoms with Crippen molar-refractivity contribution in [3.63, 3.8) is 0 Å². The van der Waals surface area contributed by atoms with Gasteiger partial charge in [0.25, 0.3) is 0 Å². The highest BCUT2D eigenvalue weighted by Gasteiger charge is 2.28. The number of likely N-dealkylation sites (N-methyl/N-ethyl adjacent to an activating group) is 1. The van der Waals surface area contributed by atoms with Crippen molar-refractivity contribution in [1.82, 2.24) is 19.8 Å². The van der Waals surface area contributed by atoms with Gasteiger partial charge >= 0.3 is 0 Å². The SMILES string of the molecule is CCNCCn1cc(S(=O)(=O)NC2CCCC2C)cn1. The molecule has 1 fully saturated rings. The number of hydrogen-bond donors (Lipinski definition) is 2. The standard InChI is InChI=1S/C13H24N4O2S/c1-3-14-7-8-17-10-12(9-15-17)20(18,19)16-13-6-4-5-11(13)2/h9-11,13-14,16H,3-8H2,1-2H3. The monoisotopic (exact) mass is 300 g/mol. The van der Waals surface area contributed by atoms with Crippen LogP contribution in [-0.4, -0.2) is 37.3 Å². The number of hydrogen-bond acceptors (Lipinski definition) is 4. The molecular weight excluding hydrogens is 276 g/mol. The molecule has 1 aromatic heterocycles. The Labute approximate surface area is 121 Å². The predicted molar refractivity (Wildman–Crippen MR) is 77.9 cm³/mol. The van der Waals surface area contributed by atoms with Gasteiger partial charge in [0.2, 0.25) is 10.0 Å². The fourth-order valence-corrected chi connectivity index (χ4v) is 3.90. The van der Waals surface area contributed by atoms with Crippen molar-refractivity contribution in [2.75, 3.05) is 13.1 Å². The van der Waals surface area contributed by atoms with E-state index in [1.165, 1.54) is 6.20 Å². The third-order valence-corrected chi connectivity index (χ3v) is 5.30. The molecule has 2 N–H and O–H groups in total. The van der Waals surface area contributed by atoms with E-state index in [2.05, 4.69) is 22.1 Å². The van der Waals surface area contributed by atoms with E-state index < -0.39 is 10.0 Å². The van der Waals surface area contributed by atoms with Crippen LogP contribution < -0.4 is 10.0 Å². The van der Waals surface area contributed by atoms with Gasteiger partial charge in [-0.25, -0.2) is 13.1 Å². The highest BCUT2D eigenvalue weighted by atomic mass is 32.2. The van der Waals surface area contributed by atoms with Gasteiger partial charge in [-0.2, -0.15) is 5.10 Å². The molecular formula is C13H24N4O2S. The molecule has 114 valence electrons. The summed E-state index contributed by atoms with van der Waals surface area (Å²) in [7, 11) is -3.44. The third-order valence-electron chi connectivity index (χ3n) is 3.86. The van der Waals surface area contributed by atoms with E-state index in [0.717, 1.165) is 32.4 Å². The molecule has 1 aliphatic rings. The lowest BCUT2D eigenvalue weighted by molar-refractivity contribution is 0.476.